The van der Waals surface area contributed by atoms with Gasteiger partial charge in [0.2, 0.25) is 0 Å². The number of carbonyl (C=O) groups is 1. The second-order valence-corrected chi connectivity index (χ2v) is 7.25. The topological polar surface area (TPSA) is 68.0 Å². The summed E-state index contributed by atoms with van der Waals surface area (Å²) in [5.41, 5.74) is 1.74. The van der Waals surface area contributed by atoms with Crippen molar-refractivity contribution in [2.75, 3.05) is 0 Å². The van der Waals surface area contributed by atoms with Crippen molar-refractivity contribution in [3.8, 4) is 0 Å². The van der Waals surface area contributed by atoms with Gasteiger partial charge in [0, 0.05) is 0 Å². The van der Waals surface area contributed by atoms with E-state index in [-0.39, 0.29) is 12.0 Å². The third kappa shape index (κ3) is 1.71. The van der Waals surface area contributed by atoms with Gasteiger partial charge in [-0.15, -0.1) is 5.10 Å². The monoisotopic (exact) mass is 275 g/mol. The molecule has 1 aromatic heterocycles. The Labute approximate surface area is 118 Å². The summed E-state index contributed by atoms with van der Waals surface area (Å²) >= 11 is 0. The molecule has 20 heavy (non-hydrogen) atoms. The lowest BCUT2D eigenvalue weighted by atomic mass is 9.53. The van der Waals surface area contributed by atoms with E-state index in [4.69, 9.17) is 5.11 Å². The first-order chi connectivity index (χ1) is 9.56. The van der Waals surface area contributed by atoms with E-state index in [1.165, 1.54) is 38.5 Å². The second-order valence-electron chi connectivity index (χ2n) is 7.25. The zero-order chi connectivity index (χ0) is 13.9. The molecule has 0 amide bonds. The van der Waals surface area contributed by atoms with Crippen LogP contribution in [0.5, 0.6) is 0 Å². The largest absolute Gasteiger partial charge is 0.481 e. The number of aliphatic carboxylic acids is 1. The van der Waals surface area contributed by atoms with Gasteiger partial charge in [-0.05, 0) is 63.2 Å². The molecule has 0 saturated heterocycles. The molecular weight excluding hydrogens is 254 g/mol. The molecule has 4 aliphatic carbocycles. The minimum atomic E-state index is -0.828. The van der Waals surface area contributed by atoms with Gasteiger partial charge in [-0.2, -0.15) is 0 Å². The fourth-order valence-electron chi connectivity index (χ4n) is 5.44. The third-order valence-electron chi connectivity index (χ3n) is 5.76. The molecule has 4 bridgehead atoms. The van der Waals surface area contributed by atoms with Crippen molar-refractivity contribution in [2.45, 2.75) is 57.4 Å². The van der Waals surface area contributed by atoms with E-state index in [0.717, 1.165) is 23.4 Å². The molecule has 4 aliphatic rings. The van der Waals surface area contributed by atoms with Gasteiger partial charge in [0.05, 0.1) is 23.3 Å². The summed E-state index contributed by atoms with van der Waals surface area (Å²) in [5, 5.41) is 17.5. The lowest BCUT2D eigenvalue weighted by Crippen LogP contribution is -2.52. The third-order valence-corrected chi connectivity index (χ3v) is 5.76. The van der Waals surface area contributed by atoms with Crippen LogP contribution in [0.3, 0.4) is 0 Å². The van der Waals surface area contributed by atoms with Crippen LogP contribution >= 0.6 is 0 Å². The number of nitrogens with zero attached hydrogens (tertiary/aromatic N) is 3. The van der Waals surface area contributed by atoms with Gasteiger partial charge in [0.1, 0.15) is 0 Å². The Morgan fingerprint density at radius 3 is 2.30 bits per heavy atom. The van der Waals surface area contributed by atoms with Crippen LogP contribution < -0.4 is 0 Å². The molecule has 5 rings (SSSR count). The highest BCUT2D eigenvalue weighted by molar-refractivity contribution is 5.69. The molecule has 108 valence electrons. The molecule has 5 nitrogen and oxygen atoms in total. The zero-order valence-electron chi connectivity index (χ0n) is 11.9. The summed E-state index contributed by atoms with van der Waals surface area (Å²) in [6, 6.07) is 0. The number of carboxylic acids is 1. The van der Waals surface area contributed by atoms with Crippen molar-refractivity contribution in [3.63, 3.8) is 0 Å². The highest BCUT2D eigenvalue weighted by atomic mass is 16.4. The SMILES string of the molecule is Cc1c(CC(=O)O)nnn1C12CC3CC(CC(C3)C1)C2. The Morgan fingerprint density at radius 2 is 1.80 bits per heavy atom. The molecule has 0 radical (unpaired) electrons. The average Bonchev–Trinajstić information content (AvgIpc) is 2.69. The first-order valence-electron chi connectivity index (χ1n) is 7.69. The van der Waals surface area contributed by atoms with Crippen LogP contribution in [0.1, 0.15) is 49.9 Å². The first-order valence-corrected chi connectivity index (χ1v) is 7.69. The standard InChI is InChI=1S/C15H21N3O2/c1-9-13(5-14(19)20)16-17-18(9)15-6-10-2-11(7-15)4-12(3-10)8-15/h10-12H,2-8H2,1H3,(H,19,20). The van der Waals surface area contributed by atoms with E-state index < -0.39 is 5.97 Å². The van der Waals surface area contributed by atoms with Gasteiger partial charge in [0.25, 0.3) is 0 Å². The lowest BCUT2D eigenvalue weighted by molar-refractivity contribution is -0.136. The van der Waals surface area contributed by atoms with Gasteiger partial charge in [-0.25, -0.2) is 4.68 Å². The molecule has 1 heterocycles. The molecule has 0 aliphatic heterocycles. The number of aromatic nitrogens is 3. The summed E-state index contributed by atoms with van der Waals surface area (Å²) in [7, 11) is 0. The van der Waals surface area contributed by atoms with Gasteiger partial charge in [0.15, 0.2) is 0 Å². The van der Waals surface area contributed by atoms with Crippen LogP contribution in [0.4, 0.5) is 0 Å². The second kappa shape index (κ2) is 4.06. The van der Waals surface area contributed by atoms with Gasteiger partial charge < -0.3 is 5.11 Å². The summed E-state index contributed by atoms with van der Waals surface area (Å²) in [5.74, 6) is 1.74. The van der Waals surface area contributed by atoms with E-state index >= 15 is 0 Å². The van der Waals surface area contributed by atoms with Crippen molar-refractivity contribution in [3.05, 3.63) is 11.4 Å². The maximum atomic E-state index is 10.9. The first kappa shape index (κ1) is 12.4. The molecule has 0 atom stereocenters. The fraction of sp³-hybridized carbons (Fsp3) is 0.800. The Hall–Kier alpha value is -1.39. The van der Waals surface area contributed by atoms with Crippen molar-refractivity contribution < 1.29 is 9.90 Å². The molecule has 4 fully saturated rings. The minimum Gasteiger partial charge on any atom is -0.481 e. The van der Waals surface area contributed by atoms with E-state index in [1.54, 1.807) is 0 Å². The normalized spacial score (nSPS) is 38.4. The average molecular weight is 275 g/mol. The maximum absolute atomic E-state index is 10.9. The molecular formula is C15H21N3O2. The molecule has 0 unspecified atom stereocenters. The Balaban J connectivity index is 1.70. The molecule has 5 heteroatoms. The Kier molecular flexibility index (Phi) is 2.51. The highest BCUT2D eigenvalue weighted by Gasteiger charge is 2.53. The van der Waals surface area contributed by atoms with Crippen LogP contribution in [0, 0.1) is 24.7 Å². The molecule has 0 spiro atoms. The predicted octanol–water partition coefficient (Wildman–Crippen LogP) is 2.14. The van der Waals surface area contributed by atoms with Crippen LogP contribution in [0.25, 0.3) is 0 Å². The predicted molar refractivity (Wildman–Crippen MR) is 72.2 cm³/mol. The van der Waals surface area contributed by atoms with Gasteiger partial charge in [-0.3, -0.25) is 4.79 Å². The molecule has 0 aromatic carbocycles. The smallest absolute Gasteiger partial charge is 0.309 e. The maximum Gasteiger partial charge on any atom is 0.309 e. The number of hydrogen-bond acceptors (Lipinski definition) is 3. The van der Waals surface area contributed by atoms with E-state index in [1.807, 2.05) is 6.92 Å². The van der Waals surface area contributed by atoms with Crippen LogP contribution in [0.15, 0.2) is 0 Å². The number of hydrogen-bond donors (Lipinski definition) is 1. The highest BCUT2D eigenvalue weighted by Crippen LogP contribution is 2.58. The number of rotatable bonds is 3. The molecule has 4 saturated carbocycles. The van der Waals surface area contributed by atoms with E-state index in [0.29, 0.717) is 5.69 Å². The van der Waals surface area contributed by atoms with E-state index in [9.17, 15) is 4.79 Å². The van der Waals surface area contributed by atoms with Crippen LogP contribution in [-0.4, -0.2) is 26.1 Å². The number of carboxylic acid groups (broad SMARTS) is 1. The van der Waals surface area contributed by atoms with E-state index in [2.05, 4.69) is 15.0 Å². The van der Waals surface area contributed by atoms with Crippen molar-refractivity contribution >= 4 is 5.97 Å². The van der Waals surface area contributed by atoms with Gasteiger partial charge >= 0.3 is 5.97 Å². The minimum absolute atomic E-state index is 0.0157. The van der Waals surface area contributed by atoms with Crippen molar-refractivity contribution in [1.29, 1.82) is 0 Å². The fourth-order valence-corrected chi connectivity index (χ4v) is 5.44. The van der Waals surface area contributed by atoms with Gasteiger partial charge in [-0.1, -0.05) is 5.21 Å². The quantitative estimate of drug-likeness (QED) is 0.917. The van der Waals surface area contributed by atoms with Crippen LogP contribution in [-0.2, 0) is 16.8 Å². The lowest BCUT2D eigenvalue weighted by Gasteiger charge is -2.56. The summed E-state index contributed by atoms with van der Waals surface area (Å²) in [6.07, 6.45) is 7.83. The Morgan fingerprint density at radius 1 is 1.25 bits per heavy atom. The van der Waals surface area contributed by atoms with Crippen molar-refractivity contribution in [2.24, 2.45) is 17.8 Å². The zero-order valence-corrected chi connectivity index (χ0v) is 11.9. The summed E-state index contributed by atoms with van der Waals surface area (Å²) in [4.78, 5) is 10.9. The summed E-state index contributed by atoms with van der Waals surface area (Å²) < 4.78 is 2.09. The van der Waals surface area contributed by atoms with Crippen LogP contribution in [0.2, 0.25) is 0 Å². The summed E-state index contributed by atoms with van der Waals surface area (Å²) in [6.45, 7) is 1.98. The van der Waals surface area contributed by atoms with Crippen molar-refractivity contribution in [1.82, 2.24) is 15.0 Å². The molecule has 1 aromatic rings. The molecule has 1 N–H and O–H groups in total. The Bertz CT molecular complexity index is 528.